The molecule has 27 heavy (non-hydrogen) atoms. The number of hydrogen-bond donors (Lipinski definition) is 0. The summed E-state index contributed by atoms with van der Waals surface area (Å²) in [5.41, 5.74) is 2.80. The molecule has 0 saturated heterocycles. The molecule has 0 aliphatic carbocycles. The van der Waals surface area contributed by atoms with Crippen molar-refractivity contribution in [3.05, 3.63) is 76.9 Å². The third-order valence-electron chi connectivity index (χ3n) is 4.68. The second-order valence-electron chi connectivity index (χ2n) is 6.48. The van der Waals surface area contributed by atoms with Crippen LogP contribution in [0.15, 0.2) is 48.5 Å². The molecule has 0 fully saturated rings. The first kappa shape index (κ1) is 17.5. The minimum absolute atomic E-state index is 0.286. The highest BCUT2D eigenvalue weighted by atomic mass is 19.4. The Bertz CT molecular complexity index is 930. The van der Waals surface area contributed by atoms with Crippen molar-refractivity contribution in [2.45, 2.75) is 25.7 Å². The highest BCUT2D eigenvalue weighted by Gasteiger charge is 2.30. The Morgan fingerprint density at radius 1 is 0.963 bits per heavy atom. The topological polar surface area (TPSA) is 34.0 Å². The van der Waals surface area contributed by atoms with E-state index in [2.05, 4.69) is 10.3 Å². The Morgan fingerprint density at radius 2 is 1.67 bits per heavy atom. The molecule has 0 unspecified atom stereocenters. The average molecular weight is 376 g/mol. The summed E-state index contributed by atoms with van der Waals surface area (Å²) in [7, 11) is 0. The van der Waals surface area contributed by atoms with Crippen LogP contribution in [-0.2, 0) is 25.7 Å². The van der Waals surface area contributed by atoms with Crippen molar-refractivity contribution < 1.29 is 17.6 Å². The normalized spacial score (nSPS) is 14.3. The standard InChI is InChI=1S/C19H16F4N4/c20-15-5-1-13(2-6-15)11-27-18-9-10-26(12-17(18)24-25-27)16-7-3-14(4-8-16)19(21,22)23/h1-8H,9-12H2. The zero-order chi connectivity index (χ0) is 19.0. The fourth-order valence-corrected chi connectivity index (χ4v) is 3.24. The molecule has 0 atom stereocenters. The van der Waals surface area contributed by atoms with Gasteiger partial charge in [-0.3, -0.25) is 0 Å². The van der Waals surface area contributed by atoms with Crippen LogP contribution < -0.4 is 4.90 Å². The molecule has 3 aromatic rings. The summed E-state index contributed by atoms with van der Waals surface area (Å²) in [6, 6.07) is 11.4. The number of rotatable bonds is 3. The van der Waals surface area contributed by atoms with Gasteiger partial charge in [0.1, 0.15) is 11.5 Å². The molecule has 1 aromatic heterocycles. The molecule has 0 saturated carbocycles. The van der Waals surface area contributed by atoms with E-state index in [4.69, 9.17) is 0 Å². The SMILES string of the molecule is Fc1ccc(Cn2nnc3c2CCN(c2ccc(C(F)(F)F)cc2)C3)cc1. The lowest BCUT2D eigenvalue weighted by atomic mass is 10.1. The van der Waals surface area contributed by atoms with Crippen molar-refractivity contribution in [1.82, 2.24) is 15.0 Å². The molecule has 2 aromatic carbocycles. The van der Waals surface area contributed by atoms with E-state index >= 15 is 0 Å². The Hall–Kier alpha value is -2.90. The van der Waals surface area contributed by atoms with Crippen LogP contribution in [0.5, 0.6) is 0 Å². The third-order valence-corrected chi connectivity index (χ3v) is 4.68. The predicted octanol–water partition coefficient (Wildman–Crippen LogP) is 4.05. The van der Waals surface area contributed by atoms with Crippen LogP contribution in [0.2, 0.25) is 0 Å². The van der Waals surface area contributed by atoms with E-state index in [0.717, 1.165) is 34.8 Å². The molecule has 4 rings (SSSR count). The molecule has 8 heteroatoms. The molecule has 0 amide bonds. The zero-order valence-electron chi connectivity index (χ0n) is 14.2. The first-order valence-electron chi connectivity index (χ1n) is 8.48. The molecule has 0 N–H and O–H groups in total. The van der Waals surface area contributed by atoms with E-state index < -0.39 is 11.7 Å². The molecule has 140 valence electrons. The second-order valence-corrected chi connectivity index (χ2v) is 6.48. The largest absolute Gasteiger partial charge is 0.416 e. The van der Waals surface area contributed by atoms with Crippen molar-refractivity contribution in [3.63, 3.8) is 0 Å². The highest BCUT2D eigenvalue weighted by Crippen LogP contribution is 2.31. The third kappa shape index (κ3) is 3.65. The van der Waals surface area contributed by atoms with Gasteiger partial charge < -0.3 is 4.90 Å². The zero-order valence-corrected chi connectivity index (χ0v) is 14.2. The van der Waals surface area contributed by atoms with Crippen LogP contribution in [-0.4, -0.2) is 21.5 Å². The van der Waals surface area contributed by atoms with Gasteiger partial charge in [0.25, 0.3) is 0 Å². The first-order valence-corrected chi connectivity index (χ1v) is 8.48. The van der Waals surface area contributed by atoms with Gasteiger partial charge in [-0.25, -0.2) is 9.07 Å². The molecule has 1 aliphatic heterocycles. The molecule has 0 spiro atoms. The molecule has 2 heterocycles. The van der Waals surface area contributed by atoms with Crippen molar-refractivity contribution in [2.24, 2.45) is 0 Å². The van der Waals surface area contributed by atoms with Gasteiger partial charge in [-0.1, -0.05) is 17.3 Å². The maximum absolute atomic E-state index is 13.0. The first-order chi connectivity index (χ1) is 12.9. The number of alkyl halides is 3. The van der Waals surface area contributed by atoms with Gasteiger partial charge in [0, 0.05) is 18.7 Å². The number of fused-ring (bicyclic) bond motifs is 1. The maximum Gasteiger partial charge on any atom is 0.416 e. The summed E-state index contributed by atoms with van der Waals surface area (Å²) in [5.74, 6) is -0.286. The number of benzene rings is 2. The summed E-state index contributed by atoms with van der Waals surface area (Å²) in [5, 5.41) is 8.41. The van der Waals surface area contributed by atoms with Crippen LogP contribution in [0.4, 0.5) is 23.2 Å². The van der Waals surface area contributed by atoms with E-state index in [9.17, 15) is 17.6 Å². The lowest BCUT2D eigenvalue weighted by molar-refractivity contribution is -0.137. The molecular formula is C19H16F4N4. The Kier molecular flexibility index (Phi) is 4.33. The maximum atomic E-state index is 13.0. The molecule has 0 bridgehead atoms. The van der Waals surface area contributed by atoms with Gasteiger partial charge in [-0.2, -0.15) is 13.2 Å². The molecular weight excluding hydrogens is 360 g/mol. The average Bonchev–Trinajstić information content (AvgIpc) is 3.05. The monoisotopic (exact) mass is 376 g/mol. The number of hydrogen-bond acceptors (Lipinski definition) is 3. The minimum atomic E-state index is -4.34. The van der Waals surface area contributed by atoms with Gasteiger partial charge in [0.05, 0.1) is 24.3 Å². The van der Waals surface area contributed by atoms with Gasteiger partial charge in [0.2, 0.25) is 0 Å². The van der Waals surface area contributed by atoms with Crippen LogP contribution in [0.25, 0.3) is 0 Å². The smallest absolute Gasteiger partial charge is 0.365 e. The Labute approximate surface area is 153 Å². The second kappa shape index (κ2) is 6.68. The van der Waals surface area contributed by atoms with Crippen LogP contribution in [0.3, 0.4) is 0 Å². The van der Waals surface area contributed by atoms with Crippen molar-refractivity contribution in [2.75, 3.05) is 11.4 Å². The summed E-state index contributed by atoms with van der Waals surface area (Å²) in [4.78, 5) is 1.99. The van der Waals surface area contributed by atoms with Gasteiger partial charge in [0.15, 0.2) is 0 Å². The fourth-order valence-electron chi connectivity index (χ4n) is 3.24. The van der Waals surface area contributed by atoms with Crippen LogP contribution >= 0.6 is 0 Å². The Morgan fingerprint density at radius 3 is 2.33 bits per heavy atom. The lowest BCUT2D eigenvalue weighted by Crippen LogP contribution is -2.31. The van der Waals surface area contributed by atoms with Gasteiger partial charge in [-0.05, 0) is 42.0 Å². The highest BCUT2D eigenvalue weighted by molar-refractivity contribution is 5.49. The van der Waals surface area contributed by atoms with Gasteiger partial charge >= 0.3 is 6.18 Å². The van der Waals surface area contributed by atoms with Crippen LogP contribution in [0, 0.1) is 5.82 Å². The summed E-state index contributed by atoms with van der Waals surface area (Å²) >= 11 is 0. The van der Waals surface area contributed by atoms with Crippen molar-refractivity contribution in [3.8, 4) is 0 Å². The Balaban J connectivity index is 1.49. The molecule has 1 aliphatic rings. The number of nitrogens with zero attached hydrogens (tertiary/aromatic N) is 4. The lowest BCUT2D eigenvalue weighted by Gasteiger charge is -2.28. The van der Waals surface area contributed by atoms with E-state index in [1.54, 1.807) is 16.8 Å². The molecule has 4 nitrogen and oxygen atoms in total. The number of anilines is 1. The summed E-state index contributed by atoms with van der Waals surface area (Å²) < 4.78 is 53.0. The number of halogens is 4. The minimum Gasteiger partial charge on any atom is -0.365 e. The fraction of sp³-hybridized carbons (Fsp3) is 0.263. The van der Waals surface area contributed by atoms with E-state index in [1.807, 2.05) is 4.90 Å². The molecule has 0 radical (unpaired) electrons. The summed E-state index contributed by atoms with van der Waals surface area (Å²) in [6.07, 6.45) is -3.65. The van der Waals surface area contributed by atoms with Crippen molar-refractivity contribution >= 4 is 5.69 Å². The van der Waals surface area contributed by atoms with Crippen LogP contribution in [0.1, 0.15) is 22.5 Å². The van der Waals surface area contributed by atoms with Gasteiger partial charge in [-0.15, -0.1) is 5.10 Å². The van der Waals surface area contributed by atoms with E-state index in [-0.39, 0.29) is 5.82 Å². The number of aromatic nitrogens is 3. The van der Waals surface area contributed by atoms with E-state index in [1.165, 1.54) is 24.3 Å². The van der Waals surface area contributed by atoms with Crippen molar-refractivity contribution in [1.29, 1.82) is 0 Å². The van der Waals surface area contributed by atoms with E-state index in [0.29, 0.717) is 26.1 Å². The quantitative estimate of drug-likeness (QED) is 0.647. The predicted molar refractivity (Wildman–Crippen MR) is 91.7 cm³/mol. The summed E-state index contributed by atoms with van der Waals surface area (Å²) in [6.45, 7) is 1.65.